The van der Waals surface area contributed by atoms with Crippen molar-refractivity contribution in [3.63, 3.8) is 0 Å². The maximum Gasteiger partial charge on any atom is 0.283 e. The molecular formula is C20H11BrN4OS2. The van der Waals surface area contributed by atoms with Gasteiger partial charge in [0, 0.05) is 15.4 Å². The molecule has 5 rings (SSSR count). The molecule has 2 aromatic carbocycles. The van der Waals surface area contributed by atoms with Gasteiger partial charge >= 0.3 is 0 Å². The number of fused-ring (bicyclic) bond motifs is 1. The zero-order valence-corrected chi connectivity index (χ0v) is 17.5. The first kappa shape index (κ1) is 17.5. The second-order valence-electron chi connectivity index (χ2n) is 5.83. The van der Waals surface area contributed by atoms with E-state index in [0.29, 0.717) is 11.1 Å². The smallest absolute Gasteiger partial charge is 0.283 e. The van der Waals surface area contributed by atoms with E-state index in [0.717, 1.165) is 36.4 Å². The minimum Gasteiger partial charge on any atom is -0.411 e. The van der Waals surface area contributed by atoms with E-state index in [1.165, 1.54) is 11.8 Å². The maximum atomic E-state index is 5.88. The molecule has 3 heterocycles. The van der Waals surface area contributed by atoms with Crippen molar-refractivity contribution in [3.05, 3.63) is 70.8 Å². The minimum atomic E-state index is 0.441. The molecule has 8 heteroatoms. The Morgan fingerprint density at radius 2 is 1.71 bits per heavy atom. The first-order chi connectivity index (χ1) is 13.8. The third kappa shape index (κ3) is 3.23. The quantitative estimate of drug-likeness (QED) is 0.288. The van der Waals surface area contributed by atoms with Crippen LogP contribution in [-0.4, -0.2) is 20.2 Å². The summed E-state index contributed by atoms with van der Waals surface area (Å²) in [6, 6.07) is 18.0. The van der Waals surface area contributed by atoms with Gasteiger partial charge in [-0.05, 0) is 45.4 Å². The van der Waals surface area contributed by atoms with Gasteiger partial charge in [-0.15, -0.1) is 21.5 Å². The number of benzene rings is 2. The molecule has 0 radical (unpaired) electrons. The standard InChI is InChI=1S/C20H11BrN4OS2/c21-15-9-5-4-8-13(15)17-24-25-20(26-17)28-19-16-14(12-6-2-1-3-7-12)10-27-18(16)22-11-23-19/h1-11H. The normalized spacial score (nSPS) is 11.2. The van der Waals surface area contributed by atoms with Gasteiger partial charge in [-0.2, -0.15) is 0 Å². The molecule has 0 amide bonds. The summed E-state index contributed by atoms with van der Waals surface area (Å²) in [6.45, 7) is 0. The maximum absolute atomic E-state index is 5.88. The van der Waals surface area contributed by atoms with Crippen LogP contribution in [0, 0.1) is 0 Å². The second-order valence-corrected chi connectivity index (χ2v) is 8.48. The number of nitrogens with zero attached hydrogens (tertiary/aromatic N) is 4. The van der Waals surface area contributed by atoms with E-state index in [2.05, 4.69) is 53.6 Å². The Balaban J connectivity index is 1.55. The summed E-state index contributed by atoms with van der Waals surface area (Å²) in [5.74, 6) is 0.467. The molecule has 3 aromatic heterocycles. The first-order valence-corrected chi connectivity index (χ1v) is 10.8. The van der Waals surface area contributed by atoms with Crippen molar-refractivity contribution in [1.82, 2.24) is 20.2 Å². The predicted molar refractivity (Wildman–Crippen MR) is 114 cm³/mol. The lowest BCUT2D eigenvalue weighted by molar-refractivity contribution is 0.465. The Kier molecular flexibility index (Phi) is 4.67. The van der Waals surface area contributed by atoms with Gasteiger partial charge in [0.2, 0.25) is 5.89 Å². The van der Waals surface area contributed by atoms with Gasteiger partial charge in [-0.1, -0.05) is 42.5 Å². The Morgan fingerprint density at radius 3 is 2.57 bits per heavy atom. The van der Waals surface area contributed by atoms with Gasteiger partial charge in [0.15, 0.2) is 0 Å². The number of thiophene rings is 1. The highest BCUT2D eigenvalue weighted by Crippen LogP contribution is 2.40. The fourth-order valence-corrected chi connectivity index (χ4v) is 5.04. The van der Waals surface area contributed by atoms with Crippen molar-refractivity contribution in [2.75, 3.05) is 0 Å². The molecule has 0 aliphatic heterocycles. The lowest BCUT2D eigenvalue weighted by Crippen LogP contribution is -1.86. The van der Waals surface area contributed by atoms with Crippen LogP contribution in [0.25, 0.3) is 32.8 Å². The fraction of sp³-hybridized carbons (Fsp3) is 0. The SMILES string of the molecule is Brc1ccccc1-c1nnc(Sc2ncnc3scc(-c4ccccc4)c23)o1. The van der Waals surface area contributed by atoms with Crippen molar-refractivity contribution in [1.29, 1.82) is 0 Å². The topological polar surface area (TPSA) is 64.7 Å². The van der Waals surface area contributed by atoms with E-state index in [4.69, 9.17) is 4.42 Å². The van der Waals surface area contributed by atoms with Crippen LogP contribution < -0.4 is 0 Å². The van der Waals surface area contributed by atoms with Crippen LogP contribution in [0.1, 0.15) is 0 Å². The molecule has 5 nitrogen and oxygen atoms in total. The average molecular weight is 467 g/mol. The first-order valence-electron chi connectivity index (χ1n) is 8.33. The molecule has 5 aromatic rings. The third-order valence-electron chi connectivity index (χ3n) is 4.11. The molecule has 0 fully saturated rings. The molecule has 136 valence electrons. The number of hydrogen-bond donors (Lipinski definition) is 0. The summed E-state index contributed by atoms with van der Waals surface area (Å²) in [4.78, 5) is 9.83. The molecule has 0 bridgehead atoms. The Morgan fingerprint density at radius 1 is 0.893 bits per heavy atom. The van der Waals surface area contributed by atoms with Gasteiger partial charge in [-0.3, -0.25) is 0 Å². The van der Waals surface area contributed by atoms with Crippen LogP contribution in [0.3, 0.4) is 0 Å². The summed E-state index contributed by atoms with van der Waals surface area (Å²) >= 11 is 6.47. The molecule has 0 saturated carbocycles. The molecular weight excluding hydrogens is 456 g/mol. The van der Waals surface area contributed by atoms with Crippen molar-refractivity contribution in [2.45, 2.75) is 10.2 Å². The van der Waals surface area contributed by atoms with Gasteiger partial charge in [0.25, 0.3) is 5.22 Å². The highest BCUT2D eigenvalue weighted by molar-refractivity contribution is 9.10. The van der Waals surface area contributed by atoms with Crippen LogP contribution in [0.5, 0.6) is 0 Å². The van der Waals surface area contributed by atoms with Crippen LogP contribution in [0.4, 0.5) is 0 Å². The van der Waals surface area contributed by atoms with Crippen LogP contribution in [0.15, 0.2) is 85.4 Å². The van der Waals surface area contributed by atoms with Crippen LogP contribution >= 0.6 is 39.0 Å². The van der Waals surface area contributed by atoms with Crippen molar-refractivity contribution >= 4 is 49.2 Å². The molecule has 0 N–H and O–H groups in total. The predicted octanol–water partition coefficient (Wildman–Crippen LogP) is 6.32. The lowest BCUT2D eigenvalue weighted by Gasteiger charge is -2.03. The number of halogens is 1. The monoisotopic (exact) mass is 466 g/mol. The summed E-state index contributed by atoms with van der Waals surface area (Å²) in [7, 11) is 0. The van der Waals surface area contributed by atoms with Gasteiger partial charge in [0.05, 0.1) is 10.9 Å². The molecule has 0 unspecified atom stereocenters. The highest BCUT2D eigenvalue weighted by atomic mass is 79.9. The summed E-state index contributed by atoms with van der Waals surface area (Å²) < 4.78 is 6.79. The van der Waals surface area contributed by atoms with Crippen molar-refractivity contribution in [3.8, 4) is 22.6 Å². The van der Waals surface area contributed by atoms with E-state index in [1.54, 1.807) is 17.7 Å². The van der Waals surface area contributed by atoms with E-state index in [-0.39, 0.29) is 0 Å². The van der Waals surface area contributed by atoms with Crippen molar-refractivity contribution < 1.29 is 4.42 Å². The highest BCUT2D eigenvalue weighted by Gasteiger charge is 2.17. The minimum absolute atomic E-state index is 0.441. The van der Waals surface area contributed by atoms with E-state index in [1.807, 2.05) is 42.5 Å². The lowest BCUT2D eigenvalue weighted by atomic mass is 10.1. The summed E-state index contributed by atoms with van der Waals surface area (Å²) in [5.41, 5.74) is 3.09. The molecule has 0 spiro atoms. The molecule has 0 saturated heterocycles. The van der Waals surface area contributed by atoms with Crippen LogP contribution in [-0.2, 0) is 0 Å². The molecule has 28 heavy (non-hydrogen) atoms. The van der Waals surface area contributed by atoms with E-state index < -0.39 is 0 Å². The zero-order chi connectivity index (χ0) is 18.9. The van der Waals surface area contributed by atoms with Crippen LogP contribution in [0.2, 0.25) is 0 Å². The number of hydrogen-bond acceptors (Lipinski definition) is 7. The molecule has 0 aliphatic carbocycles. The third-order valence-corrected chi connectivity index (χ3v) is 6.54. The zero-order valence-electron chi connectivity index (χ0n) is 14.2. The Labute approximate surface area is 177 Å². The summed E-state index contributed by atoms with van der Waals surface area (Å²) in [5, 5.41) is 12.7. The Hall–Kier alpha value is -2.55. The van der Waals surface area contributed by atoms with Gasteiger partial charge in [0.1, 0.15) is 16.2 Å². The number of aromatic nitrogens is 4. The number of rotatable bonds is 4. The van der Waals surface area contributed by atoms with E-state index in [9.17, 15) is 0 Å². The molecule has 0 aliphatic rings. The van der Waals surface area contributed by atoms with Gasteiger partial charge in [-0.25, -0.2) is 9.97 Å². The second kappa shape index (κ2) is 7.46. The van der Waals surface area contributed by atoms with Gasteiger partial charge < -0.3 is 4.42 Å². The largest absolute Gasteiger partial charge is 0.411 e. The van der Waals surface area contributed by atoms with Crippen molar-refractivity contribution in [2.24, 2.45) is 0 Å². The average Bonchev–Trinajstić information content (AvgIpc) is 3.37. The van der Waals surface area contributed by atoms with E-state index >= 15 is 0 Å². The Bertz CT molecular complexity index is 1270. The summed E-state index contributed by atoms with van der Waals surface area (Å²) in [6.07, 6.45) is 1.57. The fourth-order valence-electron chi connectivity index (χ4n) is 2.83. The molecule has 0 atom stereocenters.